The Bertz CT molecular complexity index is 751. The molecule has 2 heterocycles. The maximum atomic E-state index is 4.56. The third kappa shape index (κ3) is 5.25. The van der Waals surface area contributed by atoms with Crippen LogP contribution >= 0.6 is 0 Å². The number of rotatable bonds is 6. The van der Waals surface area contributed by atoms with Gasteiger partial charge in [-0.15, -0.1) is 0 Å². The highest BCUT2D eigenvalue weighted by molar-refractivity contribution is 5.80. The van der Waals surface area contributed by atoms with Crippen LogP contribution in [0, 0.1) is 19.8 Å². The number of nitrogens with one attached hydrogen (secondary N) is 2. The highest BCUT2D eigenvalue weighted by Gasteiger charge is 2.23. The minimum Gasteiger partial charge on any atom is -0.369 e. The van der Waals surface area contributed by atoms with Gasteiger partial charge in [0.15, 0.2) is 5.96 Å². The van der Waals surface area contributed by atoms with E-state index in [2.05, 4.69) is 80.6 Å². The monoisotopic (exact) mass is 368 g/mol. The molecular weight excluding hydrogens is 336 g/mol. The average molecular weight is 369 g/mol. The van der Waals surface area contributed by atoms with Gasteiger partial charge >= 0.3 is 0 Å². The van der Waals surface area contributed by atoms with Crippen LogP contribution in [0.25, 0.3) is 0 Å². The topological polar surface area (TPSA) is 57.5 Å². The molecule has 2 unspecified atom stereocenters. The molecule has 2 aromatic rings. The van der Waals surface area contributed by atoms with Crippen LogP contribution in [-0.2, 0) is 6.54 Å². The zero-order valence-corrected chi connectivity index (χ0v) is 16.9. The fraction of sp³-hybridized carbons (Fsp3) is 0.524. The SMILES string of the molecule is CN=C(NCC(C)Cn1nc(C)cc1C)NC1CCN(c2ccccc2)C1. The number of hydrogen-bond acceptors (Lipinski definition) is 3. The number of aliphatic imine (C=N–C) groups is 1. The first-order chi connectivity index (χ1) is 13.0. The number of anilines is 1. The van der Waals surface area contributed by atoms with Crippen molar-refractivity contribution in [2.75, 3.05) is 31.6 Å². The molecule has 0 radical (unpaired) electrons. The predicted octanol–water partition coefficient (Wildman–Crippen LogP) is 2.58. The van der Waals surface area contributed by atoms with Crippen molar-refractivity contribution in [3.8, 4) is 0 Å². The summed E-state index contributed by atoms with van der Waals surface area (Å²) in [7, 11) is 1.84. The summed E-state index contributed by atoms with van der Waals surface area (Å²) in [4.78, 5) is 6.83. The van der Waals surface area contributed by atoms with Gasteiger partial charge in [-0.2, -0.15) is 5.10 Å². The van der Waals surface area contributed by atoms with Crippen LogP contribution in [0.4, 0.5) is 5.69 Å². The van der Waals surface area contributed by atoms with Crippen molar-refractivity contribution in [1.82, 2.24) is 20.4 Å². The lowest BCUT2D eigenvalue weighted by molar-refractivity contribution is 0.435. The van der Waals surface area contributed by atoms with Crippen molar-refractivity contribution >= 4 is 11.6 Å². The molecule has 0 amide bonds. The van der Waals surface area contributed by atoms with E-state index in [9.17, 15) is 0 Å². The van der Waals surface area contributed by atoms with E-state index in [4.69, 9.17) is 0 Å². The molecule has 0 spiro atoms. The Balaban J connectivity index is 1.45. The van der Waals surface area contributed by atoms with E-state index in [0.29, 0.717) is 12.0 Å². The van der Waals surface area contributed by atoms with E-state index < -0.39 is 0 Å². The highest BCUT2D eigenvalue weighted by atomic mass is 15.3. The Morgan fingerprint density at radius 2 is 2.07 bits per heavy atom. The van der Waals surface area contributed by atoms with Crippen LogP contribution in [0.5, 0.6) is 0 Å². The number of aromatic nitrogens is 2. The molecule has 1 aromatic carbocycles. The minimum atomic E-state index is 0.419. The summed E-state index contributed by atoms with van der Waals surface area (Å²) in [5.41, 5.74) is 3.59. The number of nitrogens with zero attached hydrogens (tertiary/aromatic N) is 4. The van der Waals surface area contributed by atoms with Crippen molar-refractivity contribution < 1.29 is 0 Å². The van der Waals surface area contributed by atoms with Crippen LogP contribution in [0.1, 0.15) is 24.7 Å². The van der Waals surface area contributed by atoms with Crippen molar-refractivity contribution in [2.45, 2.75) is 39.8 Å². The van der Waals surface area contributed by atoms with E-state index in [-0.39, 0.29) is 0 Å². The van der Waals surface area contributed by atoms with E-state index >= 15 is 0 Å². The minimum absolute atomic E-state index is 0.419. The fourth-order valence-electron chi connectivity index (χ4n) is 3.63. The van der Waals surface area contributed by atoms with Gasteiger partial charge in [0.05, 0.1) is 5.69 Å². The maximum absolute atomic E-state index is 4.56. The Morgan fingerprint density at radius 1 is 1.30 bits per heavy atom. The summed E-state index contributed by atoms with van der Waals surface area (Å²) in [6.45, 7) is 10.3. The Kier molecular flexibility index (Phi) is 6.37. The Morgan fingerprint density at radius 3 is 2.74 bits per heavy atom. The predicted molar refractivity (Wildman–Crippen MR) is 112 cm³/mol. The molecule has 1 aromatic heterocycles. The summed E-state index contributed by atoms with van der Waals surface area (Å²) >= 11 is 0. The molecule has 0 aliphatic carbocycles. The normalized spacial score (nSPS) is 18.6. The smallest absolute Gasteiger partial charge is 0.191 e. The number of benzene rings is 1. The van der Waals surface area contributed by atoms with Gasteiger partial charge in [-0.25, -0.2) is 0 Å². The standard InChI is InChI=1S/C21H32N6/c1-16(14-27-18(3)12-17(2)25-27)13-23-21(22-4)24-19-10-11-26(15-19)20-8-6-5-7-9-20/h5-9,12,16,19H,10-11,13-15H2,1-4H3,(H2,22,23,24). The van der Waals surface area contributed by atoms with E-state index in [1.165, 1.54) is 11.4 Å². The van der Waals surface area contributed by atoms with Crippen molar-refractivity contribution in [1.29, 1.82) is 0 Å². The second kappa shape index (κ2) is 8.93. The summed E-state index contributed by atoms with van der Waals surface area (Å²) in [6.07, 6.45) is 1.12. The summed E-state index contributed by atoms with van der Waals surface area (Å²) in [5.74, 6) is 1.35. The summed E-state index contributed by atoms with van der Waals surface area (Å²) in [6, 6.07) is 13.2. The lowest BCUT2D eigenvalue weighted by atomic mass is 10.2. The first-order valence-electron chi connectivity index (χ1n) is 9.83. The van der Waals surface area contributed by atoms with Gasteiger partial charge in [0.1, 0.15) is 0 Å². The van der Waals surface area contributed by atoms with Gasteiger partial charge in [-0.3, -0.25) is 9.67 Å². The molecule has 0 saturated carbocycles. The zero-order valence-electron chi connectivity index (χ0n) is 16.9. The van der Waals surface area contributed by atoms with Gasteiger partial charge in [0.2, 0.25) is 0 Å². The lowest BCUT2D eigenvalue weighted by Gasteiger charge is -2.21. The number of aryl methyl sites for hydroxylation is 2. The van der Waals surface area contributed by atoms with E-state index in [0.717, 1.165) is 44.3 Å². The van der Waals surface area contributed by atoms with Crippen molar-refractivity contribution in [3.05, 3.63) is 47.8 Å². The first-order valence-corrected chi connectivity index (χ1v) is 9.83. The zero-order chi connectivity index (χ0) is 19.2. The maximum Gasteiger partial charge on any atom is 0.191 e. The number of guanidine groups is 1. The highest BCUT2D eigenvalue weighted by Crippen LogP contribution is 2.19. The third-order valence-corrected chi connectivity index (χ3v) is 5.08. The van der Waals surface area contributed by atoms with Gasteiger partial charge < -0.3 is 15.5 Å². The third-order valence-electron chi connectivity index (χ3n) is 5.08. The molecule has 1 aliphatic heterocycles. The largest absolute Gasteiger partial charge is 0.369 e. The number of para-hydroxylation sites is 1. The second-order valence-electron chi connectivity index (χ2n) is 7.58. The van der Waals surface area contributed by atoms with E-state index in [1.54, 1.807) is 0 Å². The molecule has 1 fully saturated rings. The van der Waals surface area contributed by atoms with Gasteiger partial charge in [-0.1, -0.05) is 25.1 Å². The van der Waals surface area contributed by atoms with Gasteiger partial charge in [0, 0.05) is 50.6 Å². The fourth-order valence-corrected chi connectivity index (χ4v) is 3.63. The molecule has 1 saturated heterocycles. The van der Waals surface area contributed by atoms with Crippen LogP contribution in [0.2, 0.25) is 0 Å². The molecule has 1 aliphatic rings. The van der Waals surface area contributed by atoms with Gasteiger partial charge in [0.25, 0.3) is 0 Å². The van der Waals surface area contributed by atoms with Crippen LogP contribution in [0.3, 0.4) is 0 Å². The molecule has 6 heteroatoms. The number of hydrogen-bond donors (Lipinski definition) is 2. The molecule has 6 nitrogen and oxygen atoms in total. The molecule has 0 bridgehead atoms. The Hall–Kier alpha value is -2.50. The molecule has 2 N–H and O–H groups in total. The quantitative estimate of drug-likeness (QED) is 0.608. The molecule has 27 heavy (non-hydrogen) atoms. The summed E-state index contributed by atoms with van der Waals surface area (Å²) < 4.78 is 2.09. The van der Waals surface area contributed by atoms with Crippen molar-refractivity contribution in [2.24, 2.45) is 10.9 Å². The van der Waals surface area contributed by atoms with Crippen molar-refractivity contribution in [3.63, 3.8) is 0 Å². The lowest BCUT2D eigenvalue weighted by Crippen LogP contribution is -2.46. The second-order valence-corrected chi connectivity index (χ2v) is 7.58. The molecular formula is C21H32N6. The molecule has 2 atom stereocenters. The summed E-state index contributed by atoms with van der Waals surface area (Å²) in [5, 5.41) is 11.6. The molecule has 146 valence electrons. The first kappa shape index (κ1) is 19.3. The van der Waals surface area contributed by atoms with Crippen LogP contribution in [0.15, 0.2) is 41.4 Å². The van der Waals surface area contributed by atoms with Crippen LogP contribution < -0.4 is 15.5 Å². The van der Waals surface area contributed by atoms with E-state index in [1.807, 2.05) is 14.0 Å². The molecule has 3 rings (SSSR count). The van der Waals surface area contributed by atoms with Crippen LogP contribution in [-0.4, -0.2) is 48.5 Å². The average Bonchev–Trinajstić information content (AvgIpc) is 3.25. The Labute approximate surface area is 162 Å². The van der Waals surface area contributed by atoms with Gasteiger partial charge in [-0.05, 0) is 44.4 Å².